The molecular formula is C25H28N2O3S. The van der Waals surface area contributed by atoms with Crippen LogP contribution in [0.4, 0.5) is 5.69 Å². The largest absolute Gasteiger partial charge is 0.354 e. The van der Waals surface area contributed by atoms with Gasteiger partial charge in [-0.25, -0.2) is 8.42 Å². The first-order valence-electron chi connectivity index (χ1n) is 10.2. The van der Waals surface area contributed by atoms with E-state index in [9.17, 15) is 13.2 Å². The number of hydrogen-bond acceptors (Lipinski definition) is 3. The minimum atomic E-state index is -3.90. The highest BCUT2D eigenvalue weighted by molar-refractivity contribution is 7.92. The van der Waals surface area contributed by atoms with E-state index in [1.165, 1.54) is 4.31 Å². The van der Waals surface area contributed by atoms with E-state index in [0.29, 0.717) is 12.2 Å². The highest BCUT2D eigenvalue weighted by Crippen LogP contribution is 2.24. The summed E-state index contributed by atoms with van der Waals surface area (Å²) in [6.07, 6.45) is 0. The van der Waals surface area contributed by atoms with Crippen LogP contribution >= 0.6 is 0 Å². The van der Waals surface area contributed by atoms with Crippen LogP contribution in [0.15, 0.2) is 83.8 Å². The van der Waals surface area contributed by atoms with Gasteiger partial charge >= 0.3 is 0 Å². The molecular weight excluding hydrogens is 408 g/mol. The fourth-order valence-corrected chi connectivity index (χ4v) is 4.70. The van der Waals surface area contributed by atoms with Gasteiger partial charge in [-0.15, -0.1) is 0 Å². The average Bonchev–Trinajstić information content (AvgIpc) is 2.76. The number of aryl methyl sites for hydroxylation is 2. The second-order valence-corrected chi connectivity index (χ2v) is 9.64. The molecule has 1 unspecified atom stereocenters. The predicted octanol–water partition coefficient (Wildman–Crippen LogP) is 4.42. The van der Waals surface area contributed by atoms with E-state index >= 15 is 0 Å². The van der Waals surface area contributed by atoms with Crippen molar-refractivity contribution in [3.63, 3.8) is 0 Å². The van der Waals surface area contributed by atoms with Crippen LogP contribution in [0.25, 0.3) is 0 Å². The van der Waals surface area contributed by atoms with Gasteiger partial charge in [0.05, 0.1) is 10.6 Å². The Morgan fingerprint density at radius 1 is 0.903 bits per heavy atom. The highest BCUT2D eigenvalue weighted by Gasteiger charge is 2.27. The van der Waals surface area contributed by atoms with E-state index in [2.05, 4.69) is 5.32 Å². The van der Waals surface area contributed by atoms with E-state index < -0.39 is 10.0 Å². The molecule has 0 saturated carbocycles. The lowest BCUT2D eigenvalue weighted by atomic mass is 10.0. The number of amides is 1. The van der Waals surface area contributed by atoms with Gasteiger partial charge in [0.15, 0.2) is 0 Å². The Bertz CT molecular complexity index is 1130. The zero-order valence-electron chi connectivity index (χ0n) is 18.1. The van der Waals surface area contributed by atoms with E-state index in [-0.39, 0.29) is 23.3 Å². The Labute approximate surface area is 184 Å². The Morgan fingerprint density at radius 2 is 1.58 bits per heavy atom. The first kappa shape index (κ1) is 22.6. The van der Waals surface area contributed by atoms with Gasteiger partial charge in [-0.1, -0.05) is 67.1 Å². The van der Waals surface area contributed by atoms with Gasteiger partial charge in [0.1, 0.15) is 6.54 Å². The van der Waals surface area contributed by atoms with Gasteiger partial charge in [-0.2, -0.15) is 0 Å². The number of hydrogen-bond donors (Lipinski definition) is 1. The first-order chi connectivity index (χ1) is 14.8. The Kier molecular flexibility index (Phi) is 7.13. The normalized spacial score (nSPS) is 12.2. The molecule has 5 nitrogen and oxygen atoms in total. The summed E-state index contributed by atoms with van der Waals surface area (Å²) in [5.74, 6) is -0.230. The highest BCUT2D eigenvalue weighted by atomic mass is 32.2. The van der Waals surface area contributed by atoms with Gasteiger partial charge in [-0.3, -0.25) is 9.10 Å². The van der Waals surface area contributed by atoms with Gasteiger partial charge in [0, 0.05) is 6.54 Å². The van der Waals surface area contributed by atoms with Crippen molar-refractivity contribution in [3.05, 3.63) is 95.6 Å². The topological polar surface area (TPSA) is 66.5 Å². The molecule has 0 aliphatic carbocycles. The molecule has 1 N–H and O–H groups in total. The van der Waals surface area contributed by atoms with Gasteiger partial charge in [0.2, 0.25) is 5.91 Å². The maximum Gasteiger partial charge on any atom is 0.264 e. The monoisotopic (exact) mass is 436 g/mol. The number of sulfonamides is 1. The lowest BCUT2D eigenvalue weighted by Crippen LogP contribution is -2.41. The summed E-state index contributed by atoms with van der Waals surface area (Å²) < 4.78 is 28.0. The maximum absolute atomic E-state index is 13.4. The molecule has 31 heavy (non-hydrogen) atoms. The molecule has 0 saturated heterocycles. The molecule has 3 aromatic carbocycles. The number of carbonyl (C=O) groups is 1. The van der Waals surface area contributed by atoms with Crippen LogP contribution in [-0.2, 0) is 14.8 Å². The molecule has 3 rings (SSSR count). The second-order valence-electron chi connectivity index (χ2n) is 7.78. The molecule has 0 bridgehead atoms. The van der Waals surface area contributed by atoms with Crippen LogP contribution in [0.2, 0.25) is 0 Å². The number of nitrogens with one attached hydrogen (secondary N) is 1. The molecule has 0 heterocycles. The molecule has 0 spiro atoms. The number of anilines is 1. The summed E-state index contributed by atoms with van der Waals surface area (Å²) in [7, 11) is -3.90. The molecule has 1 amide bonds. The summed E-state index contributed by atoms with van der Waals surface area (Å²) in [5, 5.41) is 2.88. The molecule has 0 fully saturated rings. The quantitative estimate of drug-likeness (QED) is 0.568. The molecule has 1 atom stereocenters. The van der Waals surface area contributed by atoms with E-state index in [1.54, 1.807) is 42.5 Å². The fraction of sp³-hybridized carbons (Fsp3) is 0.240. The zero-order chi connectivity index (χ0) is 22.4. The second kappa shape index (κ2) is 9.79. The first-order valence-corrected chi connectivity index (χ1v) is 11.7. The lowest BCUT2D eigenvalue weighted by molar-refractivity contribution is -0.119. The summed E-state index contributed by atoms with van der Waals surface area (Å²) >= 11 is 0. The van der Waals surface area contributed by atoms with Crippen molar-refractivity contribution >= 4 is 21.6 Å². The minimum absolute atomic E-state index is 0.117. The van der Waals surface area contributed by atoms with Gasteiger partial charge in [0.25, 0.3) is 10.0 Å². The standard InChI is InChI=1S/C25H28N2O3S/c1-19-12-14-24(15-13-19)31(29,30)27(23-11-7-8-20(2)16-23)18-25(28)26-17-21(3)22-9-5-4-6-10-22/h4-16,21H,17-18H2,1-3H3,(H,26,28). The van der Waals surface area contributed by atoms with E-state index in [4.69, 9.17) is 0 Å². The third-order valence-corrected chi connectivity index (χ3v) is 6.95. The van der Waals surface area contributed by atoms with Crippen molar-refractivity contribution < 1.29 is 13.2 Å². The summed E-state index contributed by atoms with van der Waals surface area (Å²) in [4.78, 5) is 12.9. The molecule has 0 aromatic heterocycles. The van der Waals surface area contributed by atoms with Crippen molar-refractivity contribution in [2.75, 3.05) is 17.4 Å². The minimum Gasteiger partial charge on any atom is -0.354 e. The van der Waals surface area contributed by atoms with Crippen LogP contribution in [0.1, 0.15) is 29.5 Å². The van der Waals surface area contributed by atoms with Crippen molar-refractivity contribution in [1.82, 2.24) is 5.32 Å². The van der Waals surface area contributed by atoms with Crippen molar-refractivity contribution in [1.29, 1.82) is 0 Å². The smallest absolute Gasteiger partial charge is 0.264 e. The van der Waals surface area contributed by atoms with Crippen molar-refractivity contribution in [2.24, 2.45) is 0 Å². The van der Waals surface area contributed by atoms with Crippen molar-refractivity contribution in [2.45, 2.75) is 31.6 Å². The third-order valence-electron chi connectivity index (χ3n) is 5.16. The Morgan fingerprint density at radius 3 is 2.23 bits per heavy atom. The maximum atomic E-state index is 13.4. The molecule has 0 aliphatic heterocycles. The van der Waals surface area contributed by atoms with E-state index in [1.807, 2.05) is 57.2 Å². The Balaban J connectivity index is 1.81. The van der Waals surface area contributed by atoms with Crippen LogP contribution in [0.5, 0.6) is 0 Å². The molecule has 0 aliphatic rings. The zero-order valence-corrected chi connectivity index (χ0v) is 18.9. The molecule has 6 heteroatoms. The Hall–Kier alpha value is -3.12. The fourth-order valence-electron chi connectivity index (χ4n) is 3.29. The molecule has 162 valence electrons. The summed E-state index contributed by atoms with van der Waals surface area (Å²) in [6.45, 7) is 5.95. The SMILES string of the molecule is Cc1ccc(S(=O)(=O)N(CC(=O)NCC(C)c2ccccc2)c2cccc(C)c2)cc1. The molecule has 3 aromatic rings. The van der Waals surface area contributed by atoms with Crippen LogP contribution < -0.4 is 9.62 Å². The summed E-state index contributed by atoms with van der Waals surface area (Å²) in [6, 6.07) is 23.7. The van der Waals surface area contributed by atoms with Gasteiger partial charge in [-0.05, 0) is 55.2 Å². The lowest BCUT2D eigenvalue weighted by Gasteiger charge is -2.25. The van der Waals surface area contributed by atoms with Crippen LogP contribution in [0, 0.1) is 13.8 Å². The molecule has 0 radical (unpaired) electrons. The summed E-state index contributed by atoms with van der Waals surface area (Å²) in [5.41, 5.74) is 3.46. The van der Waals surface area contributed by atoms with Crippen LogP contribution in [-0.4, -0.2) is 27.4 Å². The average molecular weight is 437 g/mol. The number of rotatable bonds is 8. The predicted molar refractivity (Wildman–Crippen MR) is 125 cm³/mol. The number of carbonyl (C=O) groups excluding carboxylic acids is 1. The van der Waals surface area contributed by atoms with Gasteiger partial charge < -0.3 is 5.32 Å². The third kappa shape index (κ3) is 5.73. The van der Waals surface area contributed by atoms with Crippen molar-refractivity contribution in [3.8, 4) is 0 Å². The van der Waals surface area contributed by atoms with E-state index in [0.717, 1.165) is 16.7 Å². The number of nitrogens with zero attached hydrogens (tertiary/aromatic N) is 1. The number of benzene rings is 3. The van der Waals surface area contributed by atoms with Crippen LogP contribution in [0.3, 0.4) is 0 Å².